The maximum absolute atomic E-state index is 13.8. The third kappa shape index (κ3) is 5.28. The maximum Gasteiger partial charge on any atom is 0.255 e. The van der Waals surface area contributed by atoms with Crippen LogP contribution in [0.1, 0.15) is 55.3 Å². The SMILES string of the molecule is C/C(NC(=O)c1ccccc1)=C(/C(=O)c1ccccc1)[C@@H]1OC(C)(C)O[C@@H]1[C@H]1COC(C)(C)O1. The van der Waals surface area contributed by atoms with Gasteiger partial charge in [0.15, 0.2) is 17.4 Å². The molecule has 2 aromatic rings. The molecule has 7 nitrogen and oxygen atoms in total. The van der Waals surface area contributed by atoms with Crippen molar-refractivity contribution in [2.45, 2.75) is 64.5 Å². The minimum atomic E-state index is -0.961. The summed E-state index contributed by atoms with van der Waals surface area (Å²) in [6.45, 7) is 9.27. The molecule has 2 fully saturated rings. The zero-order chi connectivity index (χ0) is 24.5. The summed E-state index contributed by atoms with van der Waals surface area (Å²) in [5.41, 5.74) is 1.70. The van der Waals surface area contributed by atoms with Crippen molar-refractivity contribution >= 4 is 11.7 Å². The lowest BCUT2D eigenvalue weighted by Crippen LogP contribution is -2.41. The molecule has 34 heavy (non-hydrogen) atoms. The smallest absolute Gasteiger partial charge is 0.255 e. The van der Waals surface area contributed by atoms with Crippen LogP contribution in [0.25, 0.3) is 0 Å². The van der Waals surface area contributed by atoms with Gasteiger partial charge in [-0.05, 0) is 46.8 Å². The number of carbonyl (C=O) groups excluding carboxylic acids is 2. The third-order valence-corrected chi connectivity index (χ3v) is 5.83. The Bertz CT molecular complexity index is 1080. The maximum atomic E-state index is 13.8. The van der Waals surface area contributed by atoms with E-state index in [0.29, 0.717) is 29.0 Å². The highest BCUT2D eigenvalue weighted by Gasteiger charge is 2.52. The molecule has 3 atom stereocenters. The second-order valence-corrected chi connectivity index (χ2v) is 9.44. The second-order valence-electron chi connectivity index (χ2n) is 9.44. The summed E-state index contributed by atoms with van der Waals surface area (Å²) in [7, 11) is 0. The van der Waals surface area contributed by atoms with Crippen LogP contribution in [-0.4, -0.2) is 48.2 Å². The third-order valence-electron chi connectivity index (χ3n) is 5.83. The first-order valence-corrected chi connectivity index (χ1v) is 11.4. The number of benzene rings is 2. The molecule has 0 aromatic heterocycles. The van der Waals surface area contributed by atoms with Crippen LogP contribution in [0.4, 0.5) is 0 Å². The number of hydrogen-bond acceptors (Lipinski definition) is 6. The molecule has 0 saturated carbocycles. The van der Waals surface area contributed by atoms with Gasteiger partial charge in [-0.3, -0.25) is 9.59 Å². The molecule has 2 aliphatic rings. The Kier molecular flexibility index (Phi) is 6.73. The van der Waals surface area contributed by atoms with E-state index in [1.165, 1.54) is 0 Å². The van der Waals surface area contributed by atoms with E-state index in [9.17, 15) is 9.59 Å². The minimum Gasteiger partial charge on any atom is -0.348 e. The molecule has 0 spiro atoms. The van der Waals surface area contributed by atoms with Crippen molar-refractivity contribution in [2.24, 2.45) is 0 Å². The number of ketones is 1. The van der Waals surface area contributed by atoms with Gasteiger partial charge in [0.25, 0.3) is 5.91 Å². The molecule has 0 radical (unpaired) electrons. The highest BCUT2D eigenvalue weighted by molar-refractivity contribution is 6.10. The summed E-state index contributed by atoms with van der Waals surface area (Å²) in [4.78, 5) is 26.7. The van der Waals surface area contributed by atoms with Crippen molar-refractivity contribution < 1.29 is 28.5 Å². The number of amides is 1. The highest BCUT2D eigenvalue weighted by atomic mass is 16.8. The number of ether oxygens (including phenoxy) is 4. The molecule has 0 aliphatic carbocycles. The lowest BCUT2D eigenvalue weighted by atomic mass is 9.92. The predicted molar refractivity (Wildman–Crippen MR) is 126 cm³/mol. The molecule has 1 N–H and O–H groups in total. The second kappa shape index (κ2) is 9.43. The summed E-state index contributed by atoms with van der Waals surface area (Å²) in [6.07, 6.45) is -1.83. The normalized spacial score (nSPS) is 26.1. The van der Waals surface area contributed by atoms with Crippen LogP contribution in [-0.2, 0) is 18.9 Å². The van der Waals surface area contributed by atoms with Gasteiger partial charge in [-0.15, -0.1) is 0 Å². The van der Waals surface area contributed by atoms with Crippen LogP contribution in [0.2, 0.25) is 0 Å². The Morgan fingerprint density at radius 3 is 1.97 bits per heavy atom. The zero-order valence-corrected chi connectivity index (χ0v) is 20.2. The average molecular weight is 466 g/mol. The van der Waals surface area contributed by atoms with E-state index in [1.54, 1.807) is 69.3 Å². The van der Waals surface area contributed by atoms with E-state index in [-0.39, 0.29) is 11.7 Å². The van der Waals surface area contributed by atoms with Gasteiger partial charge < -0.3 is 24.3 Å². The Labute approximate surface area is 200 Å². The van der Waals surface area contributed by atoms with Crippen LogP contribution in [0.15, 0.2) is 71.9 Å². The van der Waals surface area contributed by atoms with Crippen molar-refractivity contribution in [3.8, 4) is 0 Å². The first-order valence-electron chi connectivity index (χ1n) is 11.4. The highest BCUT2D eigenvalue weighted by Crippen LogP contribution is 2.39. The van der Waals surface area contributed by atoms with E-state index < -0.39 is 29.9 Å². The number of rotatable bonds is 6. The molecule has 0 unspecified atom stereocenters. The van der Waals surface area contributed by atoms with E-state index in [1.807, 2.05) is 26.0 Å². The first kappa shape index (κ1) is 24.3. The molecule has 2 aromatic carbocycles. The molecular weight excluding hydrogens is 434 g/mol. The summed E-state index contributed by atoms with van der Waals surface area (Å²) < 4.78 is 24.3. The van der Waals surface area contributed by atoms with Crippen LogP contribution >= 0.6 is 0 Å². The van der Waals surface area contributed by atoms with Crippen molar-refractivity contribution in [2.75, 3.05) is 6.61 Å². The van der Waals surface area contributed by atoms with Crippen molar-refractivity contribution in [1.29, 1.82) is 0 Å². The van der Waals surface area contributed by atoms with Gasteiger partial charge in [0.05, 0.1) is 12.2 Å². The lowest BCUT2D eigenvalue weighted by Gasteiger charge is -2.26. The van der Waals surface area contributed by atoms with Crippen LogP contribution in [0.3, 0.4) is 0 Å². The Balaban J connectivity index is 1.74. The molecule has 1 amide bonds. The zero-order valence-electron chi connectivity index (χ0n) is 20.2. The molecule has 180 valence electrons. The summed E-state index contributed by atoms with van der Waals surface area (Å²) >= 11 is 0. The Morgan fingerprint density at radius 1 is 0.824 bits per heavy atom. The number of allylic oxidation sites excluding steroid dienone is 1. The van der Waals surface area contributed by atoms with E-state index in [0.717, 1.165) is 0 Å². The fourth-order valence-corrected chi connectivity index (χ4v) is 4.32. The van der Waals surface area contributed by atoms with Crippen LogP contribution < -0.4 is 5.32 Å². The molecule has 0 bridgehead atoms. The van der Waals surface area contributed by atoms with Crippen molar-refractivity contribution in [1.82, 2.24) is 5.32 Å². The molecule has 2 saturated heterocycles. The standard InChI is InChI=1S/C27H31NO6/c1-17(28-25(30)19-14-10-7-11-15-19)21(22(29)18-12-8-6-9-13-18)24-23(33-27(4,5)34-24)20-16-31-26(2,3)32-20/h6-15,20,23-24H,16H2,1-5H3,(H,28,30)/b21-17+/t20-,23-,24+/m1/s1. The van der Waals surface area contributed by atoms with E-state index >= 15 is 0 Å². The number of hydrogen-bond donors (Lipinski definition) is 1. The van der Waals surface area contributed by atoms with Gasteiger partial charge in [0, 0.05) is 16.8 Å². The summed E-state index contributed by atoms with van der Waals surface area (Å²) in [6, 6.07) is 17.8. The van der Waals surface area contributed by atoms with Gasteiger partial charge in [-0.2, -0.15) is 0 Å². The van der Waals surface area contributed by atoms with Crippen molar-refractivity contribution in [3.05, 3.63) is 83.1 Å². The Morgan fingerprint density at radius 2 is 1.41 bits per heavy atom. The Hall–Kier alpha value is -2.84. The van der Waals surface area contributed by atoms with Gasteiger partial charge in [-0.25, -0.2) is 0 Å². The topological polar surface area (TPSA) is 83.1 Å². The molecule has 2 heterocycles. The van der Waals surface area contributed by atoms with Gasteiger partial charge in [0.2, 0.25) is 0 Å². The molecule has 4 rings (SSSR count). The number of nitrogens with one attached hydrogen (secondary N) is 1. The van der Waals surface area contributed by atoms with Gasteiger partial charge >= 0.3 is 0 Å². The van der Waals surface area contributed by atoms with Gasteiger partial charge in [-0.1, -0.05) is 48.5 Å². The average Bonchev–Trinajstić information content (AvgIpc) is 3.32. The van der Waals surface area contributed by atoms with Gasteiger partial charge in [0.1, 0.15) is 18.3 Å². The van der Waals surface area contributed by atoms with E-state index in [4.69, 9.17) is 18.9 Å². The molecular formula is C27H31NO6. The summed E-state index contributed by atoms with van der Waals surface area (Å²) in [5, 5.41) is 2.89. The first-order chi connectivity index (χ1) is 16.1. The van der Waals surface area contributed by atoms with Crippen LogP contribution in [0, 0.1) is 0 Å². The fourth-order valence-electron chi connectivity index (χ4n) is 4.32. The predicted octanol–water partition coefficient (Wildman–Crippen LogP) is 4.24. The largest absolute Gasteiger partial charge is 0.348 e. The van der Waals surface area contributed by atoms with Crippen LogP contribution in [0.5, 0.6) is 0 Å². The van der Waals surface area contributed by atoms with Crippen molar-refractivity contribution in [3.63, 3.8) is 0 Å². The molecule has 2 aliphatic heterocycles. The quantitative estimate of drug-likeness (QED) is 0.507. The fraction of sp³-hybridized carbons (Fsp3) is 0.407. The monoisotopic (exact) mass is 465 g/mol. The summed E-state index contributed by atoms with van der Waals surface area (Å²) in [5.74, 6) is -2.29. The number of Topliss-reactive ketones (excluding diaryl/α,β-unsaturated/α-hetero) is 1. The minimum absolute atomic E-state index is 0.249. The molecule has 7 heteroatoms. The lowest BCUT2D eigenvalue weighted by molar-refractivity contribution is -0.174. The number of carbonyl (C=O) groups is 2. The van der Waals surface area contributed by atoms with E-state index in [2.05, 4.69) is 5.32 Å².